The molecule has 0 aliphatic carbocycles. The second kappa shape index (κ2) is 3.70. The van der Waals surface area contributed by atoms with E-state index >= 15 is 0 Å². The fourth-order valence-electron chi connectivity index (χ4n) is 1.68. The van der Waals surface area contributed by atoms with E-state index in [0.717, 1.165) is 11.3 Å². The first kappa shape index (κ1) is 9.07. The Hall–Kier alpha value is -0.500. The predicted octanol–water partition coefficient (Wildman–Crippen LogP) is 3.07. The van der Waals surface area contributed by atoms with Gasteiger partial charge in [-0.1, -0.05) is 30.3 Å². The van der Waals surface area contributed by atoms with Crippen molar-refractivity contribution in [2.75, 3.05) is 11.5 Å². The van der Waals surface area contributed by atoms with Crippen LogP contribution in [0.4, 0.5) is 4.39 Å². The second-order valence-corrected chi connectivity index (χ2v) is 4.72. The van der Waals surface area contributed by atoms with Crippen LogP contribution in [0, 0.1) is 0 Å². The van der Waals surface area contributed by atoms with Crippen molar-refractivity contribution < 1.29 is 4.39 Å². The highest BCUT2D eigenvalue weighted by molar-refractivity contribution is 7.99. The van der Waals surface area contributed by atoms with E-state index < -0.39 is 5.67 Å². The molecule has 1 heterocycles. The van der Waals surface area contributed by atoms with Crippen LogP contribution in [0.5, 0.6) is 0 Å². The Kier molecular flexibility index (Phi) is 2.58. The molecule has 2 rings (SSSR count). The predicted molar refractivity (Wildman–Crippen MR) is 55.9 cm³/mol. The Morgan fingerprint density at radius 1 is 1.31 bits per heavy atom. The lowest BCUT2D eigenvalue weighted by Gasteiger charge is -2.17. The number of hydrogen-bond donors (Lipinski definition) is 0. The van der Waals surface area contributed by atoms with Gasteiger partial charge in [0.1, 0.15) is 5.67 Å². The molecule has 1 saturated heterocycles. The first-order valence-electron chi connectivity index (χ1n) is 4.59. The summed E-state index contributed by atoms with van der Waals surface area (Å²) < 4.78 is 14.0. The topological polar surface area (TPSA) is 0 Å². The van der Waals surface area contributed by atoms with Gasteiger partial charge in [-0.3, -0.25) is 0 Å². The molecule has 0 radical (unpaired) electrons. The summed E-state index contributed by atoms with van der Waals surface area (Å²) in [6, 6.07) is 9.92. The largest absolute Gasteiger partial charge is 0.243 e. The standard InChI is InChI=1S/C11H13FS/c12-11(6-7-13-9-11)8-10-4-2-1-3-5-10/h1-5H,6-9H2. The Bertz CT molecular complexity index is 265. The summed E-state index contributed by atoms with van der Waals surface area (Å²) in [5.41, 5.74) is 0.180. The lowest BCUT2D eigenvalue weighted by molar-refractivity contribution is 0.199. The van der Waals surface area contributed by atoms with Crippen molar-refractivity contribution in [2.24, 2.45) is 0 Å². The number of halogens is 1. The maximum absolute atomic E-state index is 14.0. The molecule has 70 valence electrons. The zero-order valence-electron chi connectivity index (χ0n) is 7.50. The summed E-state index contributed by atoms with van der Waals surface area (Å²) in [6.07, 6.45) is 1.30. The van der Waals surface area contributed by atoms with E-state index in [-0.39, 0.29) is 0 Å². The van der Waals surface area contributed by atoms with Gasteiger partial charge in [0.2, 0.25) is 0 Å². The van der Waals surface area contributed by atoms with Crippen LogP contribution in [0.3, 0.4) is 0 Å². The highest BCUT2D eigenvalue weighted by Gasteiger charge is 2.33. The first-order valence-corrected chi connectivity index (χ1v) is 5.75. The fourth-order valence-corrected chi connectivity index (χ4v) is 2.95. The normalized spacial score (nSPS) is 27.8. The summed E-state index contributed by atoms with van der Waals surface area (Å²) in [7, 11) is 0. The molecule has 0 bridgehead atoms. The monoisotopic (exact) mass is 196 g/mol. The molecule has 1 aromatic rings. The maximum atomic E-state index is 14.0. The Labute approximate surface area is 82.5 Å². The van der Waals surface area contributed by atoms with Crippen LogP contribution >= 0.6 is 11.8 Å². The smallest absolute Gasteiger partial charge is 0.124 e. The van der Waals surface area contributed by atoms with Crippen LogP contribution in [0.2, 0.25) is 0 Å². The van der Waals surface area contributed by atoms with E-state index in [4.69, 9.17) is 0 Å². The lowest BCUT2D eigenvalue weighted by Crippen LogP contribution is -2.24. The fraction of sp³-hybridized carbons (Fsp3) is 0.455. The zero-order valence-corrected chi connectivity index (χ0v) is 8.32. The molecule has 0 nitrogen and oxygen atoms in total. The van der Waals surface area contributed by atoms with Gasteiger partial charge >= 0.3 is 0 Å². The third kappa shape index (κ3) is 2.25. The van der Waals surface area contributed by atoms with Gasteiger partial charge in [0, 0.05) is 12.2 Å². The first-order chi connectivity index (χ1) is 6.29. The molecule has 0 spiro atoms. The SMILES string of the molecule is FC1(Cc2ccccc2)CCSC1. The van der Waals surface area contributed by atoms with E-state index in [9.17, 15) is 4.39 Å². The van der Waals surface area contributed by atoms with Crippen molar-refractivity contribution in [1.29, 1.82) is 0 Å². The van der Waals surface area contributed by atoms with Gasteiger partial charge in [0.25, 0.3) is 0 Å². The molecule has 0 saturated carbocycles. The molecule has 1 aliphatic heterocycles. The third-order valence-electron chi connectivity index (χ3n) is 2.42. The van der Waals surface area contributed by atoms with E-state index in [0.29, 0.717) is 18.6 Å². The summed E-state index contributed by atoms with van der Waals surface area (Å²) in [6.45, 7) is 0. The average Bonchev–Trinajstić information content (AvgIpc) is 2.54. The Balaban J connectivity index is 2.05. The molecule has 1 unspecified atom stereocenters. The highest BCUT2D eigenvalue weighted by Crippen LogP contribution is 2.34. The molecule has 0 aromatic heterocycles. The summed E-state index contributed by atoms with van der Waals surface area (Å²) in [5.74, 6) is 1.64. The third-order valence-corrected chi connectivity index (χ3v) is 3.63. The number of rotatable bonds is 2. The lowest BCUT2D eigenvalue weighted by atomic mass is 9.96. The summed E-state index contributed by atoms with van der Waals surface area (Å²) >= 11 is 1.73. The Morgan fingerprint density at radius 2 is 2.08 bits per heavy atom. The molecule has 0 amide bonds. The van der Waals surface area contributed by atoms with Gasteiger partial charge in [0.05, 0.1) is 0 Å². The quantitative estimate of drug-likeness (QED) is 0.700. The molecule has 0 N–H and O–H groups in total. The van der Waals surface area contributed by atoms with Gasteiger partial charge in [0.15, 0.2) is 0 Å². The van der Waals surface area contributed by atoms with Crippen molar-refractivity contribution in [3.63, 3.8) is 0 Å². The summed E-state index contributed by atoms with van der Waals surface area (Å²) in [4.78, 5) is 0. The minimum absolute atomic E-state index is 0.584. The van der Waals surface area contributed by atoms with Crippen molar-refractivity contribution >= 4 is 11.8 Å². The van der Waals surface area contributed by atoms with E-state index in [1.165, 1.54) is 0 Å². The van der Waals surface area contributed by atoms with Gasteiger partial charge < -0.3 is 0 Å². The summed E-state index contributed by atoms with van der Waals surface area (Å²) in [5, 5.41) is 0. The number of hydrogen-bond acceptors (Lipinski definition) is 1. The van der Waals surface area contributed by atoms with Crippen molar-refractivity contribution in [2.45, 2.75) is 18.5 Å². The number of alkyl halides is 1. The van der Waals surface area contributed by atoms with Crippen LogP contribution < -0.4 is 0 Å². The Morgan fingerprint density at radius 3 is 2.69 bits per heavy atom. The zero-order chi connectivity index (χ0) is 9.15. The van der Waals surface area contributed by atoms with Gasteiger partial charge in [-0.2, -0.15) is 11.8 Å². The van der Waals surface area contributed by atoms with Crippen molar-refractivity contribution in [3.8, 4) is 0 Å². The maximum Gasteiger partial charge on any atom is 0.124 e. The van der Waals surface area contributed by atoms with Gasteiger partial charge in [-0.05, 0) is 17.7 Å². The molecular weight excluding hydrogens is 183 g/mol. The van der Waals surface area contributed by atoms with Crippen molar-refractivity contribution in [3.05, 3.63) is 35.9 Å². The molecular formula is C11H13FS. The average molecular weight is 196 g/mol. The van der Waals surface area contributed by atoms with Crippen LogP contribution in [-0.4, -0.2) is 17.2 Å². The van der Waals surface area contributed by atoms with Gasteiger partial charge in [-0.25, -0.2) is 4.39 Å². The van der Waals surface area contributed by atoms with E-state index in [1.54, 1.807) is 11.8 Å². The minimum atomic E-state index is -0.938. The van der Waals surface area contributed by atoms with Crippen molar-refractivity contribution in [1.82, 2.24) is 0 Å². The minimum Gasteiger partial charge on any atom is -0.243 e. The second-order valence-electron chi connectivity index (χ2n) is 3.62. The molecule has 1 aliphatic rings. The molecule has 2 heteroatoms. The van der Waals surface area contributed by atoms with E-state index in [1.807, 2.05) is 30.3 Å². The van der Waals surface area contributed by atoms with Crippen LogP contribution in [0.1, 0.15) is 12.0 Å². The molecule has 1 fully saturated rings. The molecule has 1 aromatic carbocycles. The van der Waals surface area contributed by atoms with Crippen LogP contribution in [0.15, 0.2) is 30.3 Å². The van der Waals surface area contributed by atoms with E-state index in [2.05, 4.69) is 0 Å². The number of thioether (sulfide) groups is 1. The molecule has 13 heavy (non-hydrogen) atoms. The van der Waals surface area contributed by atoms with Gasteiger partial charge in [-0.15, -0.1) is 0 Å². The highest BCUT2D eigenvalue weighted by atomic mass is 32.2. The van der Waals surface area contributed by atoms with Crippen LogP contribution in [-0.2, 0) is 6.42 Å². The number of benzene rings is 1. The molecule has 1 atom stereocenters. The van der Waals surface area contributed by atoms with Crippen LogP contribution in [0.25, 0.3) is 0 Å².